The summed E-state index contributed by atoms with van der Waals surface area (Å²) in [6.07, 6.45) is 0. The summed E-state index contributed by atoms with van der Waals surface area (Å²) in [4.78, 5) is 0. The lowest BCUT2D eigenvalue weighted by Crippen LogP contribution is -1.91. The first-order valence-corrected chi connectivity index (χ1v) is 10.5. The van der Waals surface area contributed by atoms with Crippen molar-refractivity contribution in [3.63, 3.8) is 0 Å². The zero-order valence-corrected chi connectivity index (χ0v) is 16.7. The molecule has 0 fully saturated rings. The van der Waals surface area contributed by atoms with E-state index in [1.54, 1.807) is 43.4 Å². The summed E-state index contributed by atoms with van der Waals surface area (Å²) >= 11 is 4.71. The number of nitrogens with zero attached hydrogens (tertiary/aromatic N) is 2. The van der Waals surface area contributed by atoms with Crippen molar-refractivity contribution in [1.82, 2.24) is 10.2 Å². The van der Waals surface area contributed by atoms with E-state index in [1.165, 1.54) is 29.5 Å². The van der Waals surface area contributed by atoms with Crippen LogP contribution in [0.2, 0.25) is 0 Å². The smallest absolute Gasteiger partial charge is 0.175 e. The molecule has 26 heavy (non-hydrogen) atoms. The molecule has 4 nitrogen and oxygen atoms in total. The molecule has 3 aromatic rings. The Morgan fingerprint density at radius 2 is 1.62 bits per heavy atom. The summed E-state index contributed by atoms with van der Waals surface area (Å²) < 4.78 is 25.6. The number of hydrogen-bond acceptors (Lipinski definition) is 7. The van der Waals surface area contributed by atoms with Gasteiger partial charge in [-0.05, 0) is 35.9 Å². The number of aromatic nitrogens is 2. The van der Waals surface area contributed by atoms with Gasteiger partial charge < -0.3 is 9.47 Å². The van der Waals surface area contributed by atoms with Crippen LogP contribution in [0, 0.1) is 5.82 Å². The largest absolute Gasteiger partial charge is 0.497 e. The molecular formula is C18H17FN2O2S3. The first-order chi connectivity index (χ1) is 12.7. The van der Waals surface area contributed by atoms with Gasteiger partial charge in [0, 0.05) is 17.1 Å². The number of halogens is 1. The molecule has 0 unspecified atom stereocenters. The summed E-state index contributed by atoms with van der Waals surface area (Å²) in [6, 6.07) is 12.5. The van der Waals surface area contributed by atoms with Crippen LogP contribution in [0.15, 0.2) is 51.1 Å². The normalized spacial score (nSPS) is 10.7. The van der Waals surface area contributed by atoms with E-state index in [-0.39, 0.29) is 5.82 Å². The molecule has 1 heterocycles. The van der Waals surface area contributed by atoms with Crippen molar-refractivity contribution in [2.75, 3.05) is 14.2 Å². The van der Waals surface area contributed by atoms with Crippen LogP contribution in [-0.2, 0) is 11.5 Å². The van der Waals surface area contributed by atoms with Crippen molar-refractivity contribution in [2.45, 2.75) is 20.2 Å². The van der Waals surface area contributed by atoms with Gasteiger partial charge in [0.2, 0.25) is 0 Å². The number of ether oxygens (including phenoxy) is 2. The Morgan fingerprint density at radius 1 is 0.923 bits per heavy atom. The maximum Gasteiger partial charge on any atom is 0.175 e. The van der Waals surface area contributed by atoms with Gasteiger partial charge in [-0.25, -0.2) is 4.39 Å². The van der Waals surface area contributed by atoms with E-state index < -0.39 is 0 Å². The van der Waals surface area contributed by atoms with E-state index >= 15 is 0 Å². The highest BCUT2D eigenvalue weighted by molar-refractivity contribution is 8.02. The lowest BCUT2D eigenvalue weighted by molar-refractivity contribution is 0.410. The highest BCUT2D eigenvalue weighted by Gasteiger charge is 2.10. The first kappa shape index (κ1) is 19.0. The van der Waals surface area contributed by atoms with E-state index in [2.05, 4.69) is 10.2 Å². The molecule has 3 rings (SSSR count). The molecule has 0 amide bonds. The average Bonchev–Trinajstić information content (AvgIpc) is 3.13. The number of rotatable bonds is 8. The predicted molar refractivity (Wildman–Crippen MR) is 105 cm³/mol. The van der Waals surface area contributed by atoms with Crippen LogP contribution >= 0.6 is 34.9 Å². The summed E-state index contributed by atoms with van der Waals surface area (Å²) in [5.74, 6) is 2.66. The molecule has 0 N–H and O–H groups in total. The Hall–Kier alpha value is -1.77. The molecule has 2 aromatic carbocycles. The monoisotopic (exact) mass is 408 g/mol. The van der Waals surface area contributed by atoms with Gasteiger partial charge in [0.1, 0.15) is 17.3 Å². The first-order valence-electron chi connectivity index (χ1n) is 7.72. The topological polar surface area (TPSA) is 44.2 Å². The van der Waals surface area contributed by atoms with Crippen LogP contribution in [0.1, 0.15) is 11.1 Å². The molecule has 0 aliphatic heterocycles. The van der Waals surface area contributed by atoms with Crippen molar-refractivity contribution < 1.29 is 13.9 Å². The van der Waals surface area contributed by atoms with Crippen LogP contribution in [0.4, 0.5) is 4.39 Å². The number of hydrogen-bond donors (Lipinski definition) is 0. The maximum atomic E-state index is 13.4. The van der Waals surface area contributed by atoms with Crippen molar-refractivity contribution in [3.8, 4) is 11.5 Å². The third kappa shape index (κ3) is 5.12. The Bertz CT molecular complexity index is 856. The molecule has 8 heteroatoms. The minimum Gasteiger partial charge on any atom is -0.497 e. The van der Waals surface area contributed by atoms with E-state index in [0.29, 0.717) is 11.5 Å². The van der Waals surface area contributed by atoms with Crippen LogP contribution in [0.25, 0.3) is 0 Å². The minimum atomic E-state index is -0.269. The Kier molecular flexibility index (Phi) is 6.76. The number of benzene rings is 2. The lowest BCUT2D eigenvalue weighted by Gasteiger charge is -2.06. The molecule has 0 aliphatic rings. The molecule has 0 spiro atoms. The summed E-state index contributed by atoms with van der Waals surface area (Å²) in [7, 11) is 3.24. The quantitative estimate of drug-likeness (QED) is 0.473. The molecule has 0 radical (unpaired) electrons. The van der Waals surface area contributed by atoms with Crippen LogP contribution in [-0.4, -0.2) is 24.4 Å². The van der Waals surface area contributed by atoms with E-state index in [9.17, 15) is 4.39 Å². The van der Waals surface area contributed by atoms with Gasteiger partial charge in [-0.15, -0.1) is 10.2 Å². The molecule has 136 valence electrons. The van der Waals surface area contributed by atoms with Gasteiger partial charge in [0.25, 0.3) is 0 Å². The molecule has 0 saturated carbocycles. The highest BCUT2D eigenvalue weighted by atomic mass is 32.2. The Labute approximate surface area is 164 Å². The Morgan fingerprint density at radius 3 is 2.27 bits per heavy atom. The molecule has 1 aromatic heterocycles. The fourth-order valence-corrected chi connectivity index (χ4v) is 5.13. The summed E-state index contributed by atoms with van der Waals surface area (Å²) in [6.45, 7) is 0. The Balaban J connectivity index is 1.55. The van der Waals surface area contributed by atoms with E-state index in [0.717, 1.165) is 25.7 Å². The van der Waals surface area contributed by atoms with Crippen LogP contribution in [0.5, 0.6) is 11.5 Å². The molecule has 0 aliphatic carbocycles. The summed E-state index contributed by atoms with van der Waals surface area (Å²) in [5.41, 5.74) is 2.00. The van der Waals surface area contributed by atoms with Gasteiger partial charge in [0.05, 0.1) is 14.2 Å². The van der Waals surface area contributed by atoms with Crippen molar-refractivity contribution >= 4 is 34.9 Å². The van der Waals surface area contributed by atoms with Crippen molar-refractivity contribution in [2.24, 2.45) is 0 Å². The molecule has 0 atom stereocenters. The molecule has 0 saturated heterocycles. The second-order valence-corrected chi connectivity index (χ2v) is 8.64. The van der Waals surface area contributed by atoms with Gasteiger partial charge in [-0.1, -0.05) is 47.0 Å². The van der Waals surface area contributed by atoms with Crippen molar-refractivity contribution in [3.05, 3.63) is 59.4 Å². The maximum absolute atomic E-state index is 13.4. The van der Waals surface area contributed by atoms with Gasteiger partial charge in [-0.3, -0.25) is 0 Å². The lowest BCUT2D eigenvalue weighted by atomic mass is 10.2. The van der Waals surface area contributed by atoms with Crippen molar-refractivity contribution in [1.29, 1.82) is 0 Å². The van der Waals surface area contributed by atoms with Gasteiger partial charge >= 0.3 is 0 Å². The molecule has 0 bridgehead atoms. The second kappa shape index (κ2) is 9.25. The third-order valence-electron chi connectivity index (χ3n) is 3.50. The minimum absolute atomic E-state index is 0.269. The SMILES string of the molecule is COc1ccc(CSc2nnc(SCc3cc(F)ccc3OC)s2)cc1. The molecular weight excluding hydrogens is 391 g/mol. The van der Waals surface area contributed by atoms with Gasteiger partial charge in [0.15, 0.2) is 8.68 Å². The second-order valence-electron chi connectivity index (χ2n) is 5.22. The van der Waals surface area contributed by atoms with Crippen LogP contribution < -0.4 is 9.47 Å². The summed E-state index contributed by atoms with van der Waals surface area (Å²) in [5, 5.41) is 8.42. The third-order valence-corrected chi connectivity index (χ3v) is 6.81. The average molecular weight is 409 g/mol. The van der Waals surface area contributed by atoms with E-state index in [4.69, 9.17) is 9.47 Å². The predicted octanol–water partition coefficient (Wildman–Crippen LogP) is 5.28. The number of methoxy groups -OCH3 is 2. The van der Waals surface area contributed by atoms with Gasteiger partial charge in [-0.2, -0.15) is 0 Å². The standard InChI is InChI=1S/C18H17FN2O2S3/c1-22-15-6-3-12(4-7-15)10-24-17-20-21-18(26-17)25-11-13-9-14(19)5-8-16(13)23-2/h3-9H,10-11H2,1-2H3. The van der Waals surface area contributed by atoms with E-state index in [1.807, 2.05) is 24.3 Å². The van der Waals surface area contributed by atoms with Crippen LogP contribution in [0.3, 0.4) is 0 Å². The highest BCUT2D eigenvalue weighted by Crippen LogP contribution is 2.34. The fraction of sp³-hybridized carbons (Fsp3) is 0.222. The zero-order chi connectivity index (χ0) is 18.4. The number of thioether (sulfide) groups is 2. The fourth-order valence-electron chi connectivity index (χ4n) is 2.18. The zero-order valence-electron chi connectivity index (χ0n) is 14.3.